The van der Waals surface area contributed by atoms with Gasteiger partial charge >= 0.3 is 6.18 Å². The molecule has 176 valence electrons. The van der Waals surface area contributed by atoms with Crippen LogP contribution >= 0.6 is 0 Å². The number of likely N-dealkylation sites (N-methyl/N-ethyl adjacent to an activating group) is 1. The van der Waals surface area contributed by atoms with Crippen molar-refractivity contribution >= 4 is 5.69 Å². The van der Waals surface area contributed by atoms with Crippen molar-refractivity contribution in [3.8, 4) is 23.0 Å². The Bertz CT molecular complexity index is 1230. The number of halogens is 3. The average molecular weight is 465 g/mol. The molecular weight excluding hydrogens is 437 g/mol. The highest BCUT2D eigenvalue weighted by atomic mass is 19.4. The summed E-state index contributed by atoms with van der Waals surface area (Å²) >= 11 is 0. The summed E-state index contributed by atoms with van der Waals surface area (Å²) in [5.41, 5.74) is 9.58. The molecule has 34 heavy (non-hydrogen) atoms. The fraction of sp³-hybridized carbons (Fsp3) is 0.296. The first kappa shape index (κ1) is 23.8. The maximum Gasteiger partial charge on any atom is 0.416 e. The number of nitrogen functional groups attached to an aromatic ring is 1. The van der Waals surface area contributed by atoms with Crippen LogP contribution in [0.3, 0.4) is 0 Å². The normalized spacial score (nSPS) is 15.1. The van der Waals surface area contributed by atoms with Gasteiger partial charge in [0.15, 0.2) is 0 Å². The summed E-state index contributed by atoms with van der Waals surface area (Å²) in [6.45, 7) is 5.46. The highest BCUT2D eigenvalue weighted by Crippen LogP contribution is 2.36. The average Bonchev–Trinajstić information content (AvgIpc) is 2.80. The van der Waals surface area contributed by atoms with Gasteiger partial charge in [-0.25, -0.2) is 0 Å². The molecule has 0 spiro atoms. The van der Waals surface area contributed by atoms with Crippen LogP contribution in [0.5, 0.6) is 0 Å². The monoisotopic (exact) mass is 464 g/mol. The maximum atomic E-state index is 14.0. The molecule has 1 saturated heterocycles. The number of alkyl halides is 3. The van der Waals surface area contributed by atoms with Crippen molar-refractivity contribution < 1.29 is 13.2 Å². The predicted molar refractivity (Wildman–Crippen MR) is 129 cm³/mol. The summed E-state index contributed by atoms with van der Waals surface area (Å²) < 4.78 is 41.9. The Hall–Kier alpha value is -3.34. The lowest BCUT2D eigenvalue weighted by molar-refractivity contribution is -0.138. The molecule has 0 atom stereocenters. The van der Waals surface area contributed by atoms with E-state index in [-0.39, 0.29) is 0 Å². The SMILES string of the molecule is Cc1ccc(-c2ccc(CN3CCN(C)CC3)c(C(F)(F)F)c2)cc1C#Cc1cncc(N)c1. The largest absolute Gasteiger partial charge is 0.416 e. The number of hydrogen-bond acceptors (Lipinski definition) is 4. The van der Waals surface area contributed by atoms with E-state index in [2.05, 4.69) is 26.6 Å². The summed E-state index contributed by atoms with van der Waals surface area (Å²) in [5, 5.41) is 0. The molecule has 3 aromatic rings. The van der Waals surface area contributed by atoms with Crippen LogP contribution in [0, 0.1) is 18.8 Å². The van der Waals surface area contributed by atoms with Crippen molar-refractivity contribution in [2.45, 2.75) is 19.6 Å². The number of pyridine rings is 1. The molecule has 0 amide bonds. The minimum atomic E-state index is -4.43. The zero-order chi connectivity index (χ0) is 24.3. The lowest BCUT2D eigenvalue weighted by Gasteiger charge is -2.33. The van der Waals surface area contributed by atoms with Crippen LogP contribution in [-0.2, 0) is 12.7 Å². The van der Waals surface area contributed by atoms with Crippen LogP contribution < -0.4 is 5.73 Å². The molecule has 2 N–H and O–H groups in total. The van der Waals surface area contributed by atoms with E-state index < -0.39 is 11.7 Å². The third kappa shape index (κ3) is 5.77. The molecular formula is C27H27F3N4. The zero-order valence-electron chi connectivity index (χ0n) is 19.3. The Morgan fingerprint density at radius 3 is 2.35 bits per heavy atom. The number of piperazine rings is 1. The number of nitrogens with two attached hydrogens (primary N) is 1. The number of hydrogen-bond donors (Lipinski definition) is 1. The molecule has 7 heteroatoms. The van der Waals surface area contributed by atoms with Crippen molar-refractivity contribution in [2.24, 2.45) is 0 Å². The van der Waals surface area contributed by atoms with Crippen molar-refractivity contribution in [3.63, 3.8) is 0 Å². The molecule has 1 aromatic heterocycles. The Morgan fingerprint density at radius 1 is 0.941 bits per heavy atom. The highest BCUT2D eigenvalue weighted by molar-refractivity contribution is 5.68. The third-order valence-corrected chi connectivity index (χ3v) is 6.08. The topological polar surface area (TPSA) is 45.4 Å². The van der Waals surface area contributed by atoms with Crippen LogP contribution in [0.1, 0.15) is 27.8 Å². The number of aromatic nitrogens is 1. The minimum absolute atomic E-state index is 0.293. The minimum Gasteiger partial charge on any atom is -0.397 e. The molecule has 0 unspecified atom stereocenters. The Kier molecular flexibility index (Phi) is 6.92. The number of rotatable bonds is 3. The quantitative estimate of drug-likeness (QED) is 0.566. The summed E-state index contributed by atoms with van der Waals surface area (Å²) in [4.78, 5) is 8.29. The summed E-state index contributed by atoms with van der Waals surface area (Å²) in [6.07, 6.45) is -1.26. The fourth-order valence-corrected chi connectivity index (χ4v) is 4.01. The number of benzene rings is 2. The molecule has 1 aliphatic rings. The second-order valence-corrected chi connectivity index (χ2v) is 8.74. The smallest absolute Gasteiger partial charge is 0.397 e. The highest BCUT2D eigenvalue weighted by Gasteiger charge is 2.34. The third-order valence-electron chi connectivity index (χ3n) is 6.08. The molecule has 0 saturated carbocycles. The van der Waals surface area contributed by atoms with E-state index in [1.807, 2.05) is 32.2 Å². The number of aryl methyl sites for hydroxylation is 1. The van der Waals surface area contributed by atoms with E-state index in [4.69, 9.17) is 5.73 Å². The molecule has 4 rings (SSSR count). The second-order valence-electron chi connectivity index (χ2n) is 8.74. The van der Waals surface area contributed by atoms with Crippen molar-refractivity contribution in [2.75, 3.05) is 39.0 Å². The predicted octanol–water partition coefficient (Wildman–Crippen LogP) is 4.81. The van der Waals surface area contributed by atoms with Crippen LogP contribution in [0.25, 0.3) is 11.1 Å². The Balaban J connectivity index is 1.64. The van der Waals surface area contributed by atoms with Gasteiger partial charge in [0.25, 0.3) is 0 Å². The Labute approximate surface area is 198 Å². The van der Waals surface area contributed by atoms with Gasteiger partial charge in [0.1, 0.15) is 0 Å². The first-order valence-electron chi connectivity index (χ1n) is 11.1. The molecule has 2 heterocycles. The van der Waals surface area contributed by atoms with Crippen LogP contribution in [0.2, 0.25) is 0 Å². The first-order chi connectivity index (χ1) is 16.2. The standard InChI is InChI=1S/C27H27F3N4/c1-19-3-5-22(14-21(19)6-4-20-13-25(31)17-32-16-20)23-7-8-24(26(15-23)27(28,29)30)18-34-11-9-33(2)10-12-34/h3,5,7-8,13-17H,9-12,18,31H2,1-2H3. The van der Waals surface area contributed by atoms with Gasteiger partial charge in [0, 0.05) is 56.2 Å². The van der Waals surface area contributed by atoms with Gasteiger partial charge in [-0.05, 0) is 54.4 Å². The van der Waals surface area contributed by atoms with Gasteiger partial charge in [0.2, 0.25) is 0 Å². The van der Waals surface area contributed by atoms with Gasteiger partial charge in [-0.1, -0.05) is 36.1 Å². The van der Waals surface area contributed by atoms with E-state index in [0.717, 1.165) is 37.3 Å². The summed E-state index contributed by atoms with van der Waals surface area (Å²) in [7, 11) is 2.03. The molecule has 0 bridgehead atoms. The lowest BCUT2D eigenvalue weighted by atomic mass is 9.95. The number of nitrogens with zero attached hydrogens (tertiary/aromatic N) is 3. The first-order valence-corrected chi connectivity index (χ1v) is 11.1. The van der Waals surface area contributed by atoms with Crippen LogP contribution in [0.4, 0.5) is 18.9 Å². The van der Waals surface area contributed by atoms with Crippen molar-refractivity contribution in [1.29, 1.82) is 0 Å². The summed E-state index contributed by atoms with van der Waals surface area (Å²) in [6, 6.07) is 11.9. The number of anilines is 1. The van der Waals surface area contributed by atoms with E-state index in [1.54, 1.807) is 30.6 Å². The van der Waals surface area contributed by atoms with Gasteiger partial charge in [-0.2, -0.15) is 13.2 Å². The van der Waals surface area contributed by atoms with Gasteiger partial charge < -0.3 is 10.6 Å². The van der Waals surface area contributed by atoms with Gasteiger partial charge in [-0.3, -0.25) is 9.88 Å². The van der Waals surface area contributed by atoms with E-state index in [0.29, 0.717) is 34.5 Å². The molecule has 4 nitrogen and oxygen atoms in total. The van der Waals surface area contributed by atoms with Crippen LogP contribution in [-0.4, -0.2) is 48.0 Å². The molecule has 1 aliphatic heterocycles. The fourth-order valence-electron chi connectivity index (χ4n) is 4.01. The van der Waals surface area contributed by atoms with Gasteiger partial charge in [-0.15, -0.1) is 0 Å². The Morgan fingerprint density at radius 2 is 1.65 bits per heavy atom. The van der Waals surface area contributed by atoms with Crippen molar-refractivity contribution in [3.05, 3.63) is 82.7 Å². The zero-order valence-corrected chi connectivity index (χ0v) is 19.3. The molecule has 0 radical (unpaired) electrons. The van der Waals surface area contributed by atoms with E-state index >= 15 is 0 Å². The molecule has 1 fully saturated rings. The van der Waals surface area contributed by atoms with Crippen LogP contribution in [0.15, 0.2) is 54.9 Å². The lowest BCUT2D eigenvalue weighted by Crippen LogP contribution is -2.44. The maximum absolute atomic E-state index is 14.0. The molecule has 0 aliphatic carbocycles. The van der Waals surface area contributed by atoms with E-state index in [9.17, 15) is 13.2 Å². The van der Waals surface area contributed by atoms with Gasteiger partial charge in [0.05, 0.1) is 11.3 Å². The summed E-state index contributed by atoms with van der Waals surface area (Å²) in [5.74, 6) is 6.14. The second kappa shape index (κ2) is 9.88. The molecule has 2 aromatic carbocycles. The van der Waals surface area contributed by atoms with E-state index in [1.165, 1.54) is 6.07 Å². The van der Waals surface area contributed by atoms with Crippen molar-refractivity contribution in [1.82, 2.24) is 14.8 Å².